The van der Waals surface area contributed by atoms with Gasteiger partial charge in [0, 0.05) is 13.1 Å². The molecule has 11 nitrogen and oxygen atoms in total. The van der Waals surface area contributed by atoms with Gasteiger partial charge in [-0.15, -0.1) is 0 Å². The molecule has 1 rings (SSSR count). The standard InChI is InChI=1S/C12H20N2O9/c15-5(10(18)19)1-2-13-8(11(20)21)6(16)3-14-4-7(17)9(14)12(22)23/h5-9,13,15-17H,1-4H2,(H,18,19)(H,20,21)(H,22,23)/t5?,6-,7+,8-,9-/m0/s1. The molecule has 0 aromatic rings. The third kappa shape index (κ3) is 5.11. The van der Waals surface area contributed by atoms with E-state index in [0.29, 0.717) is 0 Å². The number of nitrogens with zero attached hydrogens (tertiary/aromatic N) is 1. The van der Waals surface area contributed by atoms with Crippen LogP contribution in [0.15, 0.2) is 0 Å². The van der Waals surface area contributed by atoms with Crippen LogP contribution in [0, 0.1) is 0 Å². The van der Waals surface area contributed by atoms with E-state index < -0.39 is 48.3 Å². The fourth-order valence-corrected chi connectivity index (χ4v) is 2.30. The zero-order chi connectivity index (χ0) is 17.7. The van der Waals surface area contributed by atoms with E-state index in [9.17, 15) is 24.6 Å². The van der Waals surface area contributed by atoms with Crippen LogP contribution in [0.2, 0.25) is 0 Å². The number of aliphatic carboxylic acids is 3. The molecule has 0 aromatic carbocycles. The number of hydrogen-bond acceptors (Lipinski definition) is 8. The van der Waals surface area contributed by atoms with Gasteiger partial charge < -0.3 is 36.0 Å². The SMILES string of the molecule is O=C(O)C(O)CCN[C@H](C(=O)O)[C@@H](O)CN1C[C@@H](O)[C@H]1C(=O)O. The Labute approximate surface area is 130 Å². The summed E-state index contributed by atoms with van der Waals surface area (Å²) in [4.78, 5) is 33.7. The number of carboxylic acids is 3. The van der Waals surface area contributed by atoms with Crippen LogP contribution in [0.4, 0.5) is 0 Å². The summed E-state index contributed by atoms with van der Waals surface area (Å²) in [6.45, 7) is -0.468. The molecule has 0 amide bonds. The van der Waals surface area contributed by atoms with Gasteiger partial charge in [-0.3, -0.25) is 14.5 Å². The highest BCUT2D eigenvalue weighted by atomic mass is 16.4. The lowest BCUT2D eigenvalue weighted by atomic mass is 9.97. The molecule has 11 heteroatoms. The number of likely N-dealkylation sites (tertiary alicyclic amines) is 1. The molecule has 1 unspecified atom stereocenters. The van der Waals surface area contributed by atoms with Gasteiger partial charge in [0.15, 0.2) is 6.10 Å². The summed E-state index contributed by atoms with van der Waals surface area (Å²) in [6, 6.07) is -2.67. The maximum absolute atomic E-state index is 11.1. The topological polar surface area (TPSA) is 188 Å². The second-order valence-electron chi connectivity index (χ2n) is 5.28. The molecule has 5 atom stereocenters. The average molecular weight is 336 g/mol. The fraction of sp³-hybridized carbons (Fsp3) is 0.750. The fourth-order valence-electron chi connectivity index (χ4n) is 2.30. The summed E-state index contributed by atoms with van der Waals surface area (Å²) in [7, 11) is 0. The van der Waals surface area contributed by atoms with E-state index in [1.165, 1.54) is 4.90 Å². The lowest BCUT2D eigenvalue weighted by molar-refractivity contribution is -0.163. The minimum absolute atomic E-state index is 0.00189. The van der Waals surface area contributed by atoms with Gasteiger partial charge in [-0.2, -0.15) is 0 Å². The second kappa shape index (κ2) is 8.17. The van der Waals surface area contributed by atoms with Crippen LogP contribution in [0.5, 0.6) is 0 Å². The first kappa shape index (κ1) is 19.3. The summed E-state index contributed by atoms with van der Waals surface area (Å²) in [5.74, 6) is -4.13. The zero-order valence-corrected chi connectivity index (χ0v) is 12.1. The number of rotatable bonds is 10. The lowest BCUT2D eigenvalue weighted by Gasteiger charge is -2.43. The number of β-amino-alcohol motifs (C(OH)–C–C–N with tert-alkyl or cyclic N) is 2. The molecular weight excluding hydrogens is 316 g/mol. The lowest BCUT2D eigenvalue weighted by Crippen LogP contribution is -2.66. The number of aliphatic hydroxyl groups is 3. The van der Waals surface area contributed by atoms with E-state index >= 15 is 0 Å². The van der Waals surface area contributed by atoms with E-state index in [-0.39, 0.29) is 26.1 Å². The molecule has 1 saturated heterocycles. The van der Waals surface area contributed by atoms with Crippen LogP contribution >= 0.6 is 0 Å². The molecule has 0 aliphatic carbocycles. The first-order valence-electron chi connectivity index (χ1n) is 6.85. The van der Waals surface area contributed by atoms with Crippen LogP contribution in [0.3, 0.4) is 0 Å². The van der Waals surface area contributed by atoms with E-state index in [1.807, 2.05) is 0 Å². The quantitative estimate of drug-likeness (QED) is 0.208. The molecular formula is C12H20N2O9. The van der Waals surface area contributed by atoms with Crippen LogP contribution < -0.4 is 5.32 Å². The van der Waals surface area contributed by atoms with Crippen molar-refractivity contribution in [1.29, 1.82) is 0 Å². The maximum Gasteiger partial charge on any atom is 0.332 e. The van der Waals surface area contributed by atoms with E-state index in [1.54, 1.807) is 0 Å². The van der Waals surface area contributed by atoms with E-state index in [4.69, 9.17) is 20.4 Å². The number of carbonyl (C=O) groups is 3. The Balaban J connectivity index is 2.52. The highest BCUT2D eigenvalue weighted by molar-refractivity contribution is 5.76. The van der Waals surface area contributed by atoms with Gasteiger partial charge in [0.2, 0.25) is 0 Å². The van der Waals surface area contributed by atoms with Crippen molar-refractivity contribution in [3.8, 4) is 0 Å². The molecule has 0 spiro atoms. The first-order chi connectivity index (χ1) is 10.6. The van der Waals surface area contributed by atoms with Crippen molar-refractivity contribution in [2.75, 3.05) is 19.6 Å². The largest absolute Gasteiger partial charge is 0.480 e. The van der Waals surface area contributed by atoms with Crippen molar-refractivity contribution in [2.45, 2.75) is 36.8 Å². The van der Waals surface area contributed by atoms with Crippen molar-refractivity contribution in [3.63, 3.8) is 0 Å². The summed E-state index contributed by atoms with van der Waals surface area (Å²) >= 11 is 0. The number of nitrogens with one attached hydrogen (secondary N) is 1. The first-order valence-corrected chi connectivity index (χ1v) is 6.85. The average Bonchev–Trinajstić information content (AvgIpc) is 2.40. The van der Waals surface area contributed by atoms with Crippen LogP contribution in [-0.2, 0) is 14.4 Å². The maximum atomic E-state index is 11.1. The summed E-state index contributed by atoms with van der Waals surface area (Å²) in [5, 5.41) is 57.2. The summed E-state index contributed by atoms with van der Waals surface area (Å²) < 4.78 is 0. The van der Waals surface area contributed by atoms with Gasteiger partial charge in [-0.05, 0) is 13.0 Å². The van der Waals surface area contributed by atoms with Crippen LogP contribution in [0.25, 0.3) is 0 Å². The Hall–Kier alpha value is -1.79. The Morgan fingerprint density at radius 3 is 2.17 bits per heavy atom. The number of carboxylic acid groups (broad SMARTS) is 3. The van der Waals surface area contributed by atoms with Gasteiger partial charge in [0.1, 0.15) is 12.1 Å². The molecule has 1 heterocycles. The van der Waals surface area contributed by atoms with Gasteiger partial charge in [0.05, 0.1) is 12.2 Å². The normalized spacial score (nSPS) is 25.2. The van der Waals surface area contributed by atoms with Crippen molar-refractivity contribution in [1.82, 2.24) is 10.2 Å². The zero-order valence-electron chi connectivity index (χ0n) is 12.1. The molecule has 7 N–H and O–H groups in total. The monoisotopic (exact) mass is 336 g/mol. The molecule has 1 aliphatic rings. The molecule has 132 valence electrons. The summed E-state index contributed by atoms with van der Waals surface area (Å²) in [5.41, 5.74) is 0. The molecule has 0 saturated carbocycles. The van der Waals surface area contributed by atoms with Crippen molar-refractivity contribution < 1.29 is 45.0 Å². The minimum atomic E-state index is -1.66. The van der Waals surface area contributed by atoms with Gasteiger partial charge in [-0.1, -0.05) is 0 Å². The molecule has 23 heavy (non-hydrogen) atoms. The summed E-state index contributed by atoms with van der Waals surface area (Å²) in [6.07, 6.45) is -4.48. The minimum Gasteiger partial charge on any atom is -0.480 e. The second-order valence-corrected chi connectivity index (χ2v) is 5.28. The van der Waals surface area contributed by atoms with Gasteiger partial charge >= 0.3 is 17.9 Å². The molecule has 0 bridgehead atoms. The molecule has 0 aromatic heterocycles. The molecule has 0 radical (unpaired) electrons. The third-order valence-electron chi connectivity index (χ3n) is 3.57. The number of aliphatic hydroxyl groups excluding tert-OH is 3. The van der Waals surface area contributed by atoms with Crippen LogP contribution in [-0.4, -0.2) is 103 Å². The molecule has 1 aliphatic heterocycles. The van der Waals surface area contributed by atoms with Crippen molar-refractivity contribution in [2.24, 2.45) is 0 Å². The predicted octanol–water partition coefficient (Wildman–Crippen LogP) is -3.64. The van der Waals surface area contributed by atoms with E-state index in [0.717, 1.165) is 0 Å². The third-order valence-corrected chi connectivity index (χ3v) is 3.57. The highest BCUT2D eigenvalue weighted by Crippen LogP contribution is 2.19. The Kier molecular flexibility index (Phi) is 6.84. The van der Waals surface area contributed by atoms with Gasteiger partial charge in [0.25, 0.3) is 0 Å². The Bertz CT molecular complexity index is 458. The van der Waals surface area contributed by atoms with Crippen molar-refractivity contribution >= 4 is 17.9 Å². The highest BCUT2D eigenvalue weighted by Gasteiger charge is 2.44. The smallest absolute Gasteiger partial charge is 0.332 e. The Morgan fingerprint density at radius 2 is 1.74 bits per heavy atom. The van der Waals surface area contributed by atoms with Crippen molar-refractivity contribution in [3.05, 3.63) is 0 Å². The van der Waals surface area contributed by atoms with E-state index in [2.05, 4.69) is 5.32 Å². The molecule has 1 fully saturated rings. The predicted molar refractivity (Wildman–Crippen MR) is 72.7 cm³/mol. The Morgan fingerprint density at radius 1 is 1.13 bits per heavy atom. The number of hydrogen-bond donors (Lipinski definition) is 7. The van der Waals surface area contributed by atoms with Gasteiger partial charge in [-0.25, -0.2) is 4.79 Å². The van der Waals surface area contributed by atoms with Crippen LogP contribution in [0.1, 0.15) is 6.42 Å².